The Kier molecular flexibility index (Phi) is 14.6. The van der Waals surface area contributed by atoms with Gasteiger partial charge in [0.25, 0.3) is 0 Å². The summed E-state index contributed by atoms with van der Waals surface area (Å²) in [6.07, 6.45) is 3.54. The normalized spacial score (nSPS) is 13.3. The van der Waals surface area contributed by atoms with Crippen LogP contribution in [0.3, 0.4) is 0 Å². The van der Waals surface area contributed by atoms with E-state index >= 15 is 0 Å². The van der Waals surface area contributed by atoms with Gasteiger partial charge in [-0.15, -0.1) is 0 Å². The van der Waals surface area contributed by atoms with Gasteiger partial charge >= 0.3 is 7.12 Å². The van der Waals surface area contributed by atoms with Crippen LogP contribution < -0.4 is 5.46 Å². The van der Waals surface area contributed by atoms with Gasteiger partial charge in [0.1, 0.15) is 4.60 Å². The van der Waals surface area contributed by atoms with Gasteiger partial charge in [-0.3, -0.25) is 4.98 Å². The smallest absolute Gasteiger partial charge is 0.399 e. The fourth-order valence-corrected chi connectivity index (χ4v) is 7.64. The minimum absolute atomic E-state index is 0.401. The molecule has 0 amide bonds. The van der Waals surface area contributed by atoms with E-state index in [9.17, 15) is 0 Å². The summed E-state index contributed by atoms with van der Waals surface area (Å²) in [5.74, 6) is 3.84. The van der Waals surface area contributed by atoms with Crippen LogP contribution >= 0.6 is 15.9 Å². The molecule has 10 aromatic rings. The molecule has 1 saturated heterocycles. The van der Waals surface area contributed by atoms with Gasteiger partial charge < -0.3 is 9.31 Å². The fraction of sp³-hybridized carbons (Fsp3) is 0.103. The summed E-state index contributed by atoms with van der Waals surface area (Å²) in [4.78, 5) is 37.1. The molecule has 11 rings (SSSR count). The lowest BCUT2D eigenvalue weighted by atomic mass is 9.78. The van der Waals surface area contributed by atoms with Crippen molar-refractivity contribution in [2.24, 2.45) is 0 Å². The molecular formula is C58H48BBrN8O2. The van der Waals surface area contributed by atoms with Gasteiger partial charge in [-0.25, -0.2) is 34.9 Å². The van der Waals surface area contributed by atoms with Crippen molar-refractivity contribution in [1.29, 1.82) is 0 Å². The zero-order chi connectivity index (χ0) is 48.3. The van der Waals surface area contributed by atoms with Crippen LogP contribution in [0.15, 0.2) is 223 Å². The molecule has 1 fully saturated rings. The Hall–Kier alpha value is -7.90. The number of rotatable bonds is 8. The number of nitrogens with zero attached hydrogens (tertiary/aromatic N) is 8. The number of benzene rings is 6. The molecule has 4 aromatic heterocycles. The Bertz CT molecular complexity index is 3150. The molecule has 10 nitrogen and oxygen atoms in total. The van der Waals surface area contributed by atoms with Gasteiger partial charge in [0.15, 0.2) is 34.9 Å². The van der Waals surface area contributed by atoms with E-state index in [0.29, 0.717) is 34.9 Å². The van der Waals surface area contributed by atoms with Crippen molar-refractivity contribution in [2.75, 3.05) is 0 Å². The molecular weight excluding hydrogens is 931 g/mol. The summed E-state index contributed by atoms with van der Waals surface area (Å²) in [6.45, 7) is 8.23. The zero-order valence-electron chi connectivity index (χ0n) is 39.1. The van der Waals surface area contributed by atoms with Crippen LogP contribution in [0.2, 0.25) is 0 Å². The average Bonchev–Trinajstić information content (AvgIpc) is 3.65. The van der Waals surface area contributed by atoms with Crippen LogP contribution in [0, 0.1) is 0 Å². The van der Waals surface area contributed by atoms with Crippen LogP contribution in [-0.2, 0) is 9.31 Å². The van der Waals surface area contributed by atoms with Crippen molar-refractivity contribution in [3.63, 3.8) is 0 Å². The standard InChI is InChI=1S/C27H26BN3O2.C26H18N4.C5H4BrN/c1-26(2)27(3,4)33-28(32-26)22-17-11-16-21(18-22)25-30-23(19-12-7-5-8-13-19)29-24(31-25)20-14-9-6-10-15-20;1-3-10-19(11-4-1)24-28-25(20-12-5-2-6-13-20)30-26(29-24)22-15-9-14-21(18-22)23-16-7-8-17-27-23;6-5-3-1-2-4-7-5/h5-18H,1-4H3;1-18H;1-4H. The largest absolute Gasteiger partial charge is 0.494 e. The zero-order valence-corrected chi connectivity index (χ0v) is 40.7. The molecule has 0 spiro atoms. The lowest BCUT2D eigenvalue weighted by Gasteiger charge is -2.32. The first kappa shape index (κ1) is 47.2. The quantitative estimate of drug-likeness (QED) is 0.107. The summed E-state index contributed by atoms with van der Waals surface area (Å²) in [5.41, 5.74) is 7.70. The van der Waals surface area contributed by atoms with E-state index in [0.717, 1.165) is 54.7 Å². The van der Waals surface area contributed by atoms with Crippen LogP contribution in [0.4, 0.5) is 0 Å². The molecule has 70 heavy (non-hydrogen) atoms. The Morgan fingerprint density at radius 3 is 1.06 bits per heavy atom. The van der Waals surface area contributed by atoms with Crippen LogP contribution in [0.5, 0.6) is 0 Å². The van der Waals surface area contributed by atoms with E-state index in [4.69, 9.17) is 39.2 Å². The second-order valence-electron chi connectivity index (χ2n) is 17.2. The Balaban J connectivity index is 0.000000153. The summed E-state index contributed by atoms with van der Waals surface area (Å²) < 4.78 is 13.4. The number of pyridine rings is 2. The SMILES string of the molecule is Brc1ccccn1.CC1(C)OB(c2cccc(-c3nc(-c4ccccc4)nc(-c4ccccc4)n3)c2)OC1(C)C.c1ccc(-c2nc(-c3ccccc3)nc(-c3cccc(-c4ccccn4)c3)n2)cc1. The highest BCUT2D eigenvalue weighted by Crippen LogP contribution is 2.37. The van der Waals surface area contributed by atoms with Crippen LogP contribution in [-0.4, -0.2) is 58.2 Å². The first-order valence-electron chi connectivity index (χ1n) is 22.9. The molecule has 0 saturated carbocycles. The molecule has 1 aliphatic rings. The van der Waals surface area contributed by atoms with E-state index in [1.807, 2.05) is 200 Å². The van der Waals surface area contributed by atoms with E-state index in [1.54, 1.807) is 12.4 Å². The maximum Gasteiger partial charge on any atom is 0.494 e. The van der Waals surface area contributed by atoms with Crippen molar-refractivity contribution < 1.29 is 9.31 Å². The predicted octanol–water partition coefficient (Wildman–Crippen LogP) is 13.0. The van der Waals surface area contributed by atoms with Gasteiger partial charge in [-0.1, -0.05) is 176 Å². The molecule has 0 atom stereocenters. The molecule has 0 N–H and O–H groups in total. The van der Waals surface area contributed by atoms with Gasteiger partial charge in [-0.05, 0) is 79.4 Å². The monoisotopic (exact) mass is 978 g/mol. The van der Waals surface area contributed by atoms with Gasteiger partial charge in [0.2, 0.25) is 0 Å². The van der Waals surface area contributed by atoms with Gasteiger partial charge in [-0.2, -0.15) is 0 Å². The third kappa shape index (κ3) is 11.5. The number of hydrogen-bond acceptors (Lipinski definition) is 10. The predicted molar refractivity (Wildman–Crippen MR) is 283 cm³/mol. The summed E-state index contributed by atoms with van der Waals surface area (Å²) >= 11 is 3.20. The van der Waals surface area contributed by atoms with Crippen molar-refractivity contribution in [3.8, 4) is 79.6 Å². The minimum Gasteiger partial charge on any atom is -0.399 e. The van der Waals surface area contributed by atoms with Crippen molar-refractivity contribution in [1.82, 2.24) is 39.9 Å². The number of hydrogen-bond donors (Lipinski definition) is 0. The highest BCUT2D eigenvalue weighted by Gasteiger charge is 2.51. The molecule has 12 heteroatoms. The second-order valence-corrected chi connectivity index (χ2v) is 18.1. The van der Waals surface area contributed by atoms with E-state index in [2.05, 4.69) is 59.7 Å². The maximum atomic E-state index is 6.25. The number of aromatic nitrogens is 8. The Labute approximate surface area is 417 Å². The highest BCUT2D eigenvalue weighted by molar-refractivity contribution is 9.10. The molecule has 342 valence electrons. The first-order chi connectivity index (χ1) is 34.1. The highest BCUT2D eigenvalue weighted by atomic mass is 79.9. The van der Waals surface area contributed by atoms with Gasteiger partial charge in [0, 0.05) is 51.3 Å². The van der Waals surface area contributed by atoms with Gasteiger partial charge in [0.05, 0.1) is 16.9 Å². The third-order valence-corrected chi connectivity index (χ3v) is 12.2. The van der Waals surface area contributed by atoms with Crippen LogP contribution in [0.1, 0.15) is 27.7 Å². The summed E-state index contributed by atoms with van der Waals surface area (Å²) in [7, 11) is -0.445. The Morgan fingerprint density at radius 1 is 0.343 bits per heavy atom. The minimum atomic E-state index is -0.445. The van der Waals surface area contributed by atoms with Crippen molar-refractivity contribution in [2.45, 2.75) is 38.9 Å². The molecule has 5 heterocycles. The lowest BCUT2D eigenvalue weighted by molar-refractivity contribution is 0.00578. The maximum absolute atomic E-state index is 6.25. The lowest BCUT2D eigenvalue weighted by Crippen LogP contribution is -2.41. The van der Waals surface area contributed by atoms with E-state index < -0.39 is 18.3 Å². The number of halogens is 1. The van der Waals surface area contributed by atoms with Crippen molar-refractivity contribution >= 4 is 28.5 Å². The first-order valence-corrected chi connectivity index (χ1v) is 23.7. The molecule has 6 aromatic carbocycles. The van der Waals surface area contributed by atoms with E-state index in [-0.39, 0.29) is 0 Å². The Morgan fingerprint density at radius 2 is 0.686 bits per heavy atom. The molecule has 1 aliphatic heterocycles. The average molecular weight is 980 g/mol. The van der Waals surface area contributed by atoms with Crippen LogP contribution in [0.25, 0.3) is 79.6 Å². The second kappa shape index (κ2) is 21.6. The molecule has 0 radical (unpaired) electrons. The third-order valence-electron chi connectivity index (χ3n) is 11.8. The topological polar surface area (TPSA) is 122 Å². The molecule has 0 aliphatic carbocycles. The van der Waals surface area contributed by atoms with E-state index in [1.165, 1.54) is 0 Å². The summed E-state index contributed by atoms with van der Waals surface area (Å²) in [6, 6.07) is 67.7. The summed E-state index contributed by atoms with van der Waals surface area (Å²) in [5, 5.41) is 0. The fourth-order valence-electron chi connectivity index (χ4n) is 7.37. The molecule has 0 bridgehead atoms. The molecule has 0 unspecified atom stereocenters. The van der Waals surface area contributed by atoms with Crippen molar-refractivity contribution in [3.05, 3.63) is 223 Å².